The number of amides is 8. The second-order valence-electron chi connectivity index (χ2n) is 34.4. The van der Waals surface area contributed by atoms with Crippen LogP contribution in [0.1, 0.15) is 83.5 Å². The molecule has 2 atom stereocenters. The molecule has 17 heterocycles. The van der Waals surface area contributed by atoms with Crippen molar-refractivity contribution in [3.63, 3.8) is 0 Å². The molecule has 636 valence electrons. The highest BCUT2D eigenvalue weighted by atomic mass is 35.5. The molecule has 12 aliphatic heterocycles. The van der Waals surface area contributed by atoms with Crippen molar-refractivity contribution in [3.8, 4) is 0 Å². The third-order valence-corrected chi connectivity index (χ3v) is 28.5. The van der Waals surface area contributed by atoms with E-state index in [9.17, 15) is 37.2 Å². The molecule has 4 spiro atoms. The number of carbonyl (C=O) groups is 6. The molecule has 5 aromatic heterocycles. The number of benzene rings is 5. The molecule has 32 nitrogen and oxygen atoms in total. The predicted octanol–water partition coefficient (Wildman–Crippen LogP) is 10.5. The number of piperidine rings is 4. The quantitative estimate of drug-likeness (QED) is 0.0543. The van der Waals surface area contributed by atoms with Crippen molar-refractivity contribution >= 4 is 187 Å². The van der Waals surface area contributed by atoms with Crippen LogP contribution in [0.2, 0.25) is 25.1 Å². The number of H-pyrrole nitrogens is 5. The number of hydrogen-bond donors (Lipinski definition) is 9. The van der Waals surface area contributed by atoms with Gasteiger partial charge in [-0.2, -0.15) is 25.5 Å². The average molecular weight is 1760 g/mol. The molecule has 10 aromatic rings. The number of aromatic nitrogens is 10. The highest BCUT2D eigenvalue weighted by molar-refractivity contribution is 7.88. The Morgan fingerprint density at radius 1 is 0.475 bits per heavy atom. The Kier molecular flexibility index (Phi) is 23.3. The van der Waals surface area contributed by atoms with Crippen LogP contribution in [0.4, 0.5) is 38.0 Å². The van der Waals surface area contributed by atoms with Crippen LogP contribution in [-0.2, 0) is 33.9 Å². The summed E-state index contributed by atoms with van der Waals surface area (Å²) in [6.45, 7) is 13.0. The molecule has 0 saturated carbocycles. The summed E-state index contributed by atoms with van der Waals surface area (Å²) in [6.07, 6.45) is 21.5. The molecule has 38 heteroatoms. The topological polar surface area (TPSA) is 366 Å². The zero-order valence-electron chi connectivity index (χ0n) is 67.0. The Balaban J connectivity index is 0.000000108. The number of ether oxygens (including phenoxy) is 1. The maximum absolute atomic E-state index is 13.2. The number of likely N-dealkylation sites (N-methyl/N-ethyl adjacent to an activating group) is 1. The number of hydrogen-bond acceptors (Lipinski definition) is 20. The molecule has 0 unspecified atom stereocenters. The number of halogens is 5. The minimum absolute atomic E-state index is 0.0757. The van der Waals surface area contributed by atoms with E-state index in [-0.39, 0.29) is 53.1 Å². The molecule has 0 aliphatic carbocycles. The summed E-state index contributed by atoms with van der Waals surface area (Å²) in [5.41, 5.74) is 8.78. The molecule has 12 aliphatic rings. The van der Waals surface area contributed by atoms with E-state index in [4.69, 9.17) is 62.7 Å². The van der Waals surface area contributed by atoms with Gasteiger partial charge in [0.15, 0.2) is 0 Å². The minimum atomic E-state index is -3.05. The number of sulfonamides is 1. The second kappa shape index (κ2) is 33.8. The summed E-state index contributed by atoms with van der Waals surface area (Å²) in [5.74, 6) is 0.624. The number of rotatable bonds is 11. The normalized spacial score (nSPS) is 22.1. The second-order valence-corrected chi connectivity index (χ2v) is 38.5. The summed E-state index contributed by atoms with van der Waals surface area (Å²) < 4.78 is 29.8. The van der Waals surface area contributed by atoms with Crippen LogP contribution in [0.3, 0.4) is 0 Å². The first kappa shape index (κ1) is 82.8. The Labute approximate surface area is 718 Å². The SMILES string of the molecule is CN(C)CCN1C(=O)NC2(CCN(c3cc(Cl)cc4[nH]ncc34)CC2)C1=O.CS(=O)(=O)N1CC2(CN(c3cc(Cl)cc4[nH]ncc34)C2)C1.O=C1CCC2(CCN1)CCN(c1cc(Cl)cc3[nH]ncc13)CC2.O=C1NC2(CCN(c3cc(Cl)cc4[nH]ncc34)CC2)C(=O)N1CC1CCOCC1.O=C1N[C@H]2CC[C@@H]1CN(c1cc(Cl)cc3[nH]ncc13)C2. The lowest BCUT2D eigenvalue weighted by molar-refractivity contribution is -0.133. The molecule has 2 bridgehead atoms. The standard InChI is InChI=1S/C20H24ClN5O3.C18H23ClN6O2.C17H21ClN4O.C14H15ClN4O.C13H15ClN4O2S/c21-14-9-16-15(11-22-24-16)17(10-14)25-5-3-20(4-6-25)18(27)26(19(28)23-20)12-13-1-7-29-8-2-13;1-23(2)7-8-25-16(26)18(21-17(25)27)3-5-24(6-4-18)15-10-12(19)9-14-13(15)11-20-22-14;18-12-9-14-13(11-20-21-14)15(10-12)22-7-4-17(5-8-22)2-1-16(23)19-6-3-17;15-9-3-12-11(5-16-18-12)13(4-9)19-6-8-1-2-10(7-19)17-14(8)20;1-21(19,20)18-7-13(8-18)5-17(6-13)12-3-9(14)2-11-10(12)4-15-16-11/h9-11,13H,1-8,12H2,(H,22,24)(H,23,28);9-11H,3-8H2,1-2H3,(H,20,22)(H,21,27);9-11H,1-8H2,(H,19,23)(H,20,21);3-5,8,10H,1-2,6-7H2,(H,16,18)(H,17,20);2-4H,5-8H2,1H3,(H,15,16)/t;;;8-,10+;/m...1./s1. The van der Waals surface area contributed by atoms with E-state index < -0.39 is 21.1 Å². The number of imide groups is 2. The van der Waals surface area contributed by atoms with Gasteiger partial charge in [0.1, 0.15) is 11.1 Å². The Hall–Kier alpha value is -9.45. The van der Waals surface area contributed by atoms with Gasteiger partial charge in [0, 0.05) is 216 Å². The molecule has 5 aromatic carbocycles. The Morgan fingerprint density at radius 3 is 1.31 bits per heavy atom. The lowest BCUT2D eigenvalue weighted by Gasteiger charge is -2.60. The summed E-state index contributed by atoms with van der Waals surface area (Å²) in [4.78, 5) is 90.7. The average Bonchev–Trinajstić information content (AvgIpc) is 0.867. The van der Waals surface area contributed by atoms with Crippen LogP contribution in [0.5, 0.6) is 0 Å². The maximum Gasteiger partial charge on any atom is 0.325 e. The van der Waals surface area contributed by atoms with E-state index in [1.165, 1.54) is 26.0 Å². The van der Waals surface area contributed by atoms with Crippen LogP contribution >= 0.6 is 58.0 Å². The number of urea groups is 2. The highest BCUT2D eigenvalue weighted by Crippen LogP contribution is 2.47. The van der Waals surface area contributed by atoms with E-state index >= 15 is 0 Å². The van der Waals surface area contributed by atoms with Gasteiger partial charge in [-0.3, -0.25) is 54.5 Å². The molecule has 22 rings (SSSR count). The number of nitrogens with zero attached hydrogens (tertiary/aromatic N) is 14. The van der Waals surface area contributed by atoms with Crippen molar-refractivity contribution in [2.75, 3.05) is 163 Å². The molecule has 0 radical (unpaired) electrons. The zero-order chi connectivity index (χ0) is 83.6. The van der Waals surface area contributed by atoms with Gasteiger partial charge in [-0.25, -0.2) is 22.3 Å². The number of anilines is 5. The highest BCUT2D eigenvalue weighted by Gasteiger charge is 2.56. The van der Waals surface area contributed by atoms with Gasteiger partial charge in [0.2, 0.25) is 21.8 Å². The van der Waals surface area contributed by atoms with Crippen molar-refractivity contribution in [2.24, 2.45) is 22.7 Å². The summed E-state index contributed by atoms with van der Waals surface area (Å²) >= 11 is 31.1. The van der Waals surface area contributed by atoms with Gasteiger partial charge in [-0.15, -0.1) is 0 Å². The molecule has 9 N–H and O–H groups in total. The van der Waals surface area contributed by atoms with E-state index in [0.717, 1.165) is 179 Å². The first-order chi connectivity index (χ1) is 57.7. The number of nitrogens with one attached hydrogen (secondary N) is 9. The van der Waals surface area contributed by atoms with Crippen LogP contribution in [-0.4, -0.2) is 270 Å². The summed E-state index contributed by atoms with van der Waals surface area (Å²) in [7, 11) is 0.801. The van der Waals surface area contributed by atoms with Crippen LogP contribution in [0.25, 0.3) is 54.5 Å². The number of carbonyl (C=O) groups excluding carboxylic acids is 6. The predicted molar refractivity (Wildman–Crippen MR) is 465 cm³/mol. The van der Waals surface area contributed by atoms with E-state index in [2.05, 4.69) is 96.8 Å². The van der Waals surface area contributed by atoms with Crippen LogP contribution in [0, 0.1) is 22.7 Å². The third-order valence-electron chi connectivity index (χ3n) is 26.2. The number of fused-ring (bicyclic) bond motifs is 9. The smallest absolute Gasteiger partial charge is 0.325 e. The van der Waals surface area contributed by atoms with Gasteiger partial charge < -0.3 is 55.4 Å². The van der Waals surface area contributed by atoms with Gasteiger partial charge in [0.05, 0.1) is 70.7 Å². The van der Waals surface area contributed by atoms with Crippen molar-refractivity contribution in [2.45, 2.75) is 101 Å². The molecule has 120 heavy (non-hydrogen) atoms. The monoisotopic (exact) mass is 1760 g/mol. The largest absolute Gasteiger partial charge is 0.381 e. The Bertz CT molecular complexity index is 5660. The van der Waals surface area contributed by atoms with Crippen molar-refractivity contribution < 1.29 is 41.9 Å². The van der Waals surface area contributed by atoms with E-state index in [1.807, 2.05) is 92.1 Å². The van der Waals surface area contributed by atoms with Crippen molar-refractivity contribution in [3.05, 3.63) is 117 Å². The molecule has 12 saturated heterocycles. The molecule has 12 fully saturated rings. The fraction of sp³-hybridized carbons (Fsp3) is 0.500. The first-order valence-corrected chi connectivity index (χ1v) is 44.8. The first-order valence-electron chi connectivity index (χ1n) is 41.1. The van der Waals surface area contributed by atoms with Crippen LogP contribution < -0.4 is 45.8 Å². The van der Waals surface area contributed by atoms with Gasteiger partial charge >= 0.3 is 12.1 Å². The van der Waals surface area contributed by atoms with Crippen molar-refractivity contribution in [1.82, 2.24) is 91.3 Å². The van der Waals surface area contributed by atoms with E-state index in [1.54, 1.807) is 18.6 Å². The Morgan fingerprint density at radius 2 is 0.883 bits per heavy atom. The lowest BCUT2D eigenvalue weighted by atomic mass is 9.73. The van der Waals surface area contributed by atoms with Crippen LogP contribution in [0.15, 0.2) is 91.6 Å². The summed E-state index contributed by atoms with van der Waals surface area (Å²) in [5, 5.41) is 56.0. The van der Waals surface area contributed by atoms with E-state index in [0.29, 0.717) is 136 Å². The van der Waals surface area contributed by atoms with Crippen molar-refractivity contribution in [1.29, 1.82) is 0 Å². The lowest BCUT2D eigenvalue weighted by Crippen LogP contribution is -2.72. The molecular formula is C82H98Cl5N23O9S. The van der Waals surface area contributed by atoms with Gasteiger partial charge in [-0.05, 0) is 163 Å². The fourth-order valence-corrected chi connectivity index (χ4v) is 21.4. The molecular weight excluding hydrogens is 1660 g/mol. The van der Waals surface area contributed by atoms with Gasteiger partial charge in [-0.1, -0.05) is 58.0 Å². The van der Waals surface area contributed by atoms with Gasteiger partial charge in [0.25, 0.3) is 11.8 Å². The maximum atomic E-state index is 13.2. The minimum Gasteiger partial charge on any atom is -0.381 e. The summed E-state index contributed by atoms with van der Waals surface area (Å²) in [6, 6.07) is 18.9. The number of aromatic amines is 5. The third kappa shape index (κ3) is 17.0. The molecule has 8 amide bonds. The zero-order valence-corrected chi connectivity index (χ0v) is 71.6. The fourth-order valence-electron chi connectivity index (χ4n) is 19.3.